The molecule has 0 unspecified atom stereocenters. The average Bonchev–Trinajstić information content (AvgIpc) is 2.39. The maximum atomic E-state index is 3.87. The van der Waals surface area contributed by atoms with Crippen LogP contribution in [0.25, 0.3) is 0 Å². The lowest BCUT2D eigenvalue weighted by molar-refractivity contribution is 0.599. The third-order valence-corrected chi connectivity index (χ3v) is 3.41. The molecule has 2 radical (unpaired) electrons. The summed E-state index contributed by atoms with van der Waals surface area (Å²) in [7, 11) is 0. The Labute approximate surface area is 116 Å². The van der Waals surface area contributed by atoms with Gasteiger partial charge in [-0.15, -0.1) is 0 Å². The topological polar surface area (TPSA) is 0 Å². The first-order chi connectivity index (χ1) is 8.91. The van der Waals surface area contributed by atoms with E-state index in [1.165, 1.54) is 77.0 Å². The summed E-state index contributed by atoms with van der Waals surface area (Å²) in [6.07, 6.45) is 23.3. The van der Waals surface area contributed by atoms with E-state index >= 15 is 0 Å². The Balaban J connectivity index is 3.00. The first-order valence-corrected chi connectivity index (χ1v) is 8.15. The summed E-state index contributed by atoms with van der Waals surface area (Å²) >= 11 is 0. The maximum absolute atomic E-state index is 3.87. The first kappa shape index (κ1) is 17.7. The van der Waals surface area contributed by atoms with Crippen LogP contribution in [0, 0.1) is 13.8 Å². The van der Waals surface area contributed by atoms with Crippen molar-refractivity contribution in [3.63, 3.8) is 0 Å². The molecule has 0 saturated carbocycles. The van der Waals surface area contributed by atoms with Gasteiger partial charge in [-0.05, 0) is 25.7 Å². The van der Waals surface area contributed by atoms with Crippen molar-refractivity contribution in [3.8, 4) is 0 Å². The SMILES string of the molecule is [CH2]CCCCCCC=CCCCCCCCC[CH2]. The second-order valence-corrected chi connectivity index (χ2v) is 5.29. The molecule has 0 saturated heterocycles. The highest BCUT2D eigenvalue weighted by molar-refractivity contribution is 4.81. The zero-order valence-electron chi connectivity index (χ0n) is 12.5. The lowest BCUT2D eigenvalue weighted by Gasteiger charge is -1.99. The highest BCUT2D eigenvalue weighted by Crippen LogP contribution is 2.09. The van der Waals surface area contributed by atoms with E-state index in [-0.39, 0.29) is 0 Å². The van der Waals surface area contributed by atoms with Crippen molar-refractivity contribution in [1.29, 1.82) is 0 Å². The molecular weight excluding hydrogens is 216 g/mol. The van der Waals surface area contributed by atoms with Crippen LogP contribution >= 0.6 is 0 Å². The molecular formula is C18H34. The summed E-state index contributed by atoms with van der Waals surface area (Å²) in [5.74, 6) is 0. The van der Waals surface area contributed by atoms with Crippen LogP contribution in [-0.4, -0.2) is 0 Å². The van der Waals surface area contributed by atoms with E-state index in [1.807, 2.05) is 0 Å². The van der Waals surface area contributed by atoms with Crippen molar-refractivity contribution in [1.82, 2.24) is 0 Å². The minimum Gasteiger partial charge on any atom is -0.0885 e. The zero-order chi connectivity index (χ0) is 13.3. The van der Waals surface area contributed by atoms with E-state index in [9.17, 15) is 0 Å². The number of rotatable bonds is 14. The fraction of sp³-hybridized carbons (Fsp3) is 0.778. The predicted molar refractivity (Wildman–Crippen MR) is 84.5 cm³/mol. The summed E-state index contributed by atoms with van der Waals surface area (Å²) in [6, 6.07) is 0. The molecule has 0 nitrogen and oxygen atoms in total. The van der Waals surface area contributed by atoms with Gasteiger partial charge in [-0.3, -0.25) is 0 Å². The van der Waals surface area contributed by atoms with E-state index in [1.54, 1.807) is 0 Å². The molecule has 0 bridgehead atoms. The molecule has 0 amide bonds. The molecule has 18 heavy (non-hydrogen) atoms. The molecule has 0 fully saturated rings. The van der Waals surface area contributed by atoms with Gasteiger partial charge >= 0.3 is 0 Å². The van der Waals surface area contributed by atoms with E-state index in [0.29, 0.717) is 0 Å². The predicted octanol–water partition coefficient (Wildman–Crippen LogP) is 6.67. The molecule has 0 rings (SSSR count). The molecule has 0 spiro atoms. The molecule has 0 N–H and O–H groups in total. The fourth-order valence-electron chi connectivity index (χ4n) is 2.17. The van der Waals surface area contributed by atoms with Gasteiger partial charge in [0.05, 0.1) is 0 Å². The molecule has 0 aromatic heterocycles. The van der Waals surface area contributed by atoms with Crippen molar-refractivity contribution in [2.75, 3.05) is 0 Å². The quantitative estimate of drug-likeness (QED) is 0.238. The highest BCUT2D eigenvalue weighted by atomic mass is 14.0. The van der Waals surface area contributed by atoms with Gasteiger partial charge in [0.2, 0.25) is 0 Å². The van der Waals surface area contributed by atoms with Crippen molar-refractivity contribution in [3.05, 3.63) is 26.0 Å². The molecule has 0 aliphatic rings. The number of hydrogen-bond donors (Lipinski definition) is 0. The van der Waals surface area contributed by atoms with Gasteiger partial charge in [-0.1, -0.05) is 90.2 Å². The molecule has 106 valence electrons. The van der Waals surface area contributed by atoms with Gasteiger partial charge in [0.15, 0.2) is 0 Å². The van der Waals surface area contributed by atoms with Crippen LogP contribution in [0.15, 0.2) is 12.2 Å². The van der Waals surface area contributed by atoms with Gasteiger partial charge in [-0.25, -0.2) is 0 Å². The average molecular weight is 250 g/mol. The lowest BCUT2D eigenvalue weighted by Crippen LogP contribution is -1.79. The van der Waals surface area contributed by atoms with Crippen LogP contribution in [0.2, 0.25) is 0 Å². The summed E-state index contributed by atoms with van der Waals surface area (Å²) in [6.45, 7) is 7.74. The third kappa shape index (κ3) is 15.7. The molecule has 0 aliphatic carbocycles. The third-order valence-electron chi connectivity index (χ3n) is 3.41. The largest absolute Gasteiger partial charge is 0.0885 e. The Morgan fingerprint density at radius 1 is 0.444 bits per heavy atom. The van der Waals surface area contributed by atoms with Crippen molar-refractivity contribution in [2.24, 2.45) is 0 Å². The Bertz CT molecular complexity index is 157. The van der Waals surface area contributed by atoms with Crippen molar-refractivity contribution in [2.45, 2.75) is 89.9 Å². The van der Waals surface area contributed by atoms with Gasteiger partial charge in [0, 0.05) is 0 Å². The normalized spacial score (nSPS) is 11.4. The van der Waals surface area contributed by atoms with Gasteiger partial charge in [-0.2, -0.15) is 0 Å². The zero-order valence-corrected chi connectivity index (χ0v) is 12.5. The summed E-state index contributed by atoms with van der Waals surface area (Å²) in [4.78, 5) is 0. The van der Waals surface area contributed by atoms with Crippen LogP contribution in [0.5, 0.6) is 0 Å². The maximum Gasteiger partial charge on any atom is -0.0351 e. The summed E-state index contributed by atoms with van der Waals surface area (Å²) < 4.78 is 0. The Morgan fingerprint density at radius 2 is 0.778 bits per heavy atom. The summed E-state index contributed by atoms with van der Waals surface area (Å²) in [5.41, 5.74) is 0. The first-order valence-electron chi connectivity index (χ1n) is 8.15. The lowest BCUT2D eigenvalue weighted by atomic mass is 10.1. The Hall–Kier alpha value is -0.260. The summed E-state index contributed by atoms with van der Waals surface area (Å²) in [5, 5.41) is 0. The molecule has 0 aromatic carbocycles. The van der Waals surface area contributed by atoms with Crippen LogP contribution in [0.4, 0.5) is 0 Å². The highest BCUT2D eigenvalue weighted by Gasteiger charge is 1.89. The van der Waals surface area contributed by atoms with Crippen LogP contribution in [-0.2, 0) is 0 Å². The van der Waals surface area contributed by atoms with E-state index in [4.69, 9.17) is 0 Å². The van der Waals surface area contributed by atoms with Crippen LogP contribution < -0.4 is 0 Å². The molecule has 0 atom stereocenters. The van der Waals surface area contributed by atoms with Gasteiger partial charge in [0.25, 0.3) is 0 Å². The molecule has 0 heterocycles. The molecule has 0 aromatic rings. The molecule has 0 aliphatic heterocycles. The van der Waals surface area contributed by atoms with Gasteiger partial charge < -0.3 is 0 Å². The van der Waals surface area contributed by atoms with E-state index in [2.05, 4.69) is 26.0 Å². The standard InChI is InChI=1S/C18H34/c1-3-5-7-9-11-13-15-17-18-16-14-12-10-8-6-4-2/h15,17H,1-14,16,18H2. The fourth-order valence-corrected chi connectivity index (χ4v) is 2.17. The Morgan fingerprint density at radius 3 is 1.17 bits per heavy atom. The Kier molecular flexibility index (Phi) is 16.5. The van der Waals surface area contributed by atoms with Gasteiger partial charge in [0.1, 0.15) is 0 Å². The molecule has 0 heteroatoms. The number of hydrogen-bond acceptors (Lipinski definition) is 0. The van der Waals surface area contributed by atoms with E-state index in [0.717, 1.165) is 12.8 Å². The number of allylic oxidation sites excluding steroid dienone is 2. The second-order valence-electron chi connectivity index (χ2n) is 5.29. The minimum absolute atomic E-state index is 1.10. The minimum atomic E-state index is 1.10. The van der Waals surface area contributed by atoms with Crippen LogP contribution in [0.3, 0.4) is 0 Å². The monoisotopic (exact) mass is 250 g/mol. The van der Waals surface area contributed by atoms with Crippen LogP contribution in [0.1, 0.15) is 89.9 Å². The smallest absolute Gasteiger partial charge is 0.0351 e. The van der Waals surface area contributed by atoms with E-state index < -0.39 is 0 Å². The number of unbranched alkanes of at least 4 members (excludes halogenated alkanes) is 12. The van der Waals surface area contributed by atoms with Crippen molar-refractivity contribution >= 4 is 0 Å². The van der Waals surface area contributed by atoms with Crippen molar-refractivity contribution < 1.29 is 0 Å². The second kappa shape index (κ2) is 16.7.